The molecule has 4 heteroatoms. The minimum atomic E-state index is 0.169. The third-order valence-electron chi connectivity index (χ3n) is 5.46. The molecule has 1 aromatic rings. The molecule has 2 fully saturated rings. The lowest BCUT2D eigenvalue weighted by atomic mass is 9.94. The van der Waals surface area contributed by atoms with E-state index in [0.717, 1.165) is 50.0 Å². The molecule has 1 aliphatic carbocycles. The van der Waals surface area contributed by atoms with Crippen LogP contribution in [0.1, 0.15) is 55.3 Å². The summed E-state index contributed by atoms with van der Waals surface area (Å²) in [5, 5.41) is 0. The van der Waals surface area contributed by atoms with Gasteiger partial charge in [-0.3, -0.25) is 4.79 Å². The van der Waals surface area contributed by atoms with E-state index in [2.05, 4.69) is 11.0 Å². The fourth-order valence-corrected chi connectivity index (χ4v) is 3.89. The van der Waals surface area contributed by atoms with Gasteiger partial charge in [-0.25, -0.2) is 0 Å². The summed E-state index contributed by atoms with van der Waals surface area (Å²) < 4.78 is 0. The maximum Gasteiger partial charge on any atom is 0.255 e. The number of nitrogens with zero attached hydrogens (tertiary/aromatic N) is 2. The van der Waals surface area contributed by atoms with Crippen LogP contribution in [0, 0.1) is 0 Å². The molecule has 2 aliphatic rings. The Morgan fingerprint density at radius 3 is 2.43 bits per heavy atom. The number of carbonyl (C=O) groups excluding carboxylic acids is 1. The zero-order valence-electron chi connectivity index (χ0n) is 14.2. The van der Waals surface area contributed by atoms with Gasteiger partial charge in [0.25, 0.3) is 5.91 Å². The monoisotopic (exact) mass is 315 g/mol. The molecule has 0 radical (unpaired) electrons. The van der Waals surface area contributed by atoms with Crippen molar-refractivity contribution in [3.63, 3.8) is 0 Å². The Labute approximate surface area is 139 Å². The van der Waals surface area contributed by atoms with Crippen LogP contribution in [0.3, 0.4) is 0 Å². The first kappa shape index (κ1) is 16.3. The van der Waals surface area contributed by atoms with Gasteiger partial charge in [-0.1, -0.05) is 31.4 Å². The quantitative estimate of drug-likeness (QED) is 0.933. The summed E-state index contributed by atoms with van der Waals surface area (Å²) in [5.41, 5.74) is 7.94. The van der Waals surface area contributed by atoms with Crippen molar-refractivity contribution in [1.29, 1.82) is 0 Å². The first-order valence-electron chi connectivity index (χ1n) is 9.03. The first-order valence-corrected chi connectivity index (χ1v) is 9.03. The summed E-state index contributed by atoms with van der Waals surface area (Å²) >= 11 is 0. The highest BCUT2D eigenvalue weighted by atomic mass is 16.2. The highest BCUT2D eigenvalue weighted by Gasteiger charge is 2.26. The smallest absolute Gasteiger partial charge is 0.255 e. The van der Waals surface area contributed by atoms with Crippen LogP contribution in [0.4, 0.5) is 5.69 Å². The molecule has 0 spiro atoms. The Morgan fingerprint density at radius 2 is 1.74 bits per heavy atom. The third kappa shape index (κ3) is 3.69. The number of amides is 1. The van der Waals surface area contributed by atoms with Gasteiger partial charge >= 0.3 is 0 Å². The second kappa shape index (κ2) is 7.35. The number of hydrogen-bond acceptors (Lipinski definition) is 3. The molecule has 1 amide bonds. The molecule has 126 valence electrons. The molecule has 2 N–H and O–H groups in total. The maximum atomic E-state index is 13.0. The van der Waals surface area contributed by atoms with Crippen LogP contribution in [0.15, 0.2) is 24.3 Å². The van der Waals surface area contributed by atoms with Gasteiger partial charge in [-0.15, -0.1) is 0 Å². The van der Waals surface area contributed by atoms with Gasteiger partial charge < -0.3 is 15.5 Å². The predicted molar refractivity (Wildman–Crippen MR) is 94.8 cm³/mol. The van der Waals surface area contributed by atoms with E-state index in [4.69, 9.17) is 5.73 Å². The molecule has 23 heavy (non-hydrogen) atoms. The fourth-order valence-electron chi connectivity index (χ4n) is 3.89. The van der Waals surface area contributed by atoms with E-state index >= 15 is 0 Å². The molecule has 0 aromatic heterocycles. The molecule has 1 heterocycles. The van der Waals surface area contributed by atoms with Crippen molar-refractivity contribution in [1.82, 2.24) is 4.90 Å². The van der Waals surface area contributed by atoms with Crippen LogP contribution < -0.4 is 10.6 Å². The number of nitrogens with two attached hydrogens (primary N) is 1. The Bertz CT molecular complexity index is 531. The van der Waals surface area contributed by atoms with E-state index in [1.807, 2.05) is 30.1 Å². The van der Waals surface area contributed by atoms with Crippen LogP contribution in [0.5, 0.6) is 0 Å². The minimum Gasteiger partial charge on any atom is -0.371 e. The number of rotatable bonds is 3. The molecule has 3 rings (SSSR count). The average molecular weight is 315 g/mol. The number of piperidine rings is 1. The summed E-state index contributed by atoms with van der Waals surface area (Å²) in [6, 6.07) is 8.77. The summed E-state index contributed by atoms with van der Waals surface area (Å²) in [4.78, 5) is 17.4. The van der Waals surface area contributed by atoms with Gasteiger partial charge in [-0.2, -0.15) is 0 Å². The highest BCUT2D eigenvalue weighted by molar-refractivity contribution is 5.99. The Balaban J connectivity index is 1.77. The third-order valence-corrected chi connectivity index (χ3v) is 5.46. The predicted octanol–water partition coefficient (Wildman–Crippen LogP) is 3.02. The molecule has 1 saturated carbocycles. The van der Waals surface area contributed by atoms with E-state index in [0.29, 0.717) is 12.1 Å². The summed E-state index contributed by atoms with van der Waals surface area (Å²) in [6.45, 7) is 1.89. The van der Waals surface area contributed by atoms with E-state index in [9.17, 15) is 4.79 Å². The second-order valence-corrected chi connectivity index (χ2v) is 7.05. The average Bonchev–Trinajstić information content (AvgIpc) is 2.62. The van der Waals surface area contributed by atoms with E-state index in [1.54, 1.807) is 0 Å². The molecule has 1 aromatic carbocycles. The highest BCUT2D eigenvalue weighted by Crippen LogP contribution is 2.28. The van der Waals surface area contributed by atoms with Gasteiger partial charge in [0, 0.05) is 37.9 Å². The van der Waals surface area contributed by atoms with Crippen molar-refractivity contribution in [2.75, 3.05) is 25.0 Å². The molecular weight excluding hydrogens is 286 g/mol. The molecule has 0 atom stereocenters. The topological polar surface area (TPSA) is 49.6 Å². The normalized spacial score (nSPS) is 20.5. The SMILES string of the molecule is CN(C(=O)c1ccccc1N1CCC(N)CC1)C1CCCCC1. The lowest BCUT2D eigenvalue weighted by Crippen LogP contribution is -2.42. The van der Waals surface area contributed by atoms with Gasteiger partial charge in [0.1, 0.15) is 0 Å². The molecule has 0 unspecified atom stereocenters. The largest absolute Gasteiger partial charge is 0.371 e. The minimum absolute atomic E-state index is 0.169. The summed E-state index contributed by atoms with van der Waals surface area (Å²) in [5.74, 6) is 0.169. The van der Waals surface area contributed by atoms with Crippen LogP contribution >= 0.6 is 0 Å². The van der Waals surface area contributed by atoms with Crippen LogP contribution in [0.2, 0.25) is 0 Å². The van der Waals surface area contributed by atoms with Crippen molar-refractivity contribution in [2.45, 2.75) is 57.0 Å². The molecular formula is C19H29N3O. The number of benzene rings is 1. The Kier molecular flexibility index (Phi) is 5.21. The summed E-state index contributed by atoms with van der Waals surface area (Å²) in [7, 11) is 1.97. The number of hydrogen-bond donors (Lipinski definition) is 1. The lowest BCUT2D eigenvalue weighted by molar-refractivity contribution is 0.0697. The maximum absolute atomic E-state index is 13.0. The van der Waals surface area contributed by atoms with Gasteiger partial charge in [0.15, 0.2) is 0 Å². The second-order valence-electron chi connectivity index (χ2n) is 7.05. The van der Waals surface area contributed by atoms with Crippen molar-refractivity contribution < 1.29 is 4.79 Å². The lowest BCUT2D eigenvalue weighted by Gasteiger charge is -2.35. The molecule has 1 aliphatic heterocycles. The van der Waals surface area contributed by atoms with Gasteiger partial charge in [0.2, 0.25) is 0 Å². The van der Waals surface area contributed by atoms with E-state index < -0.39 is 0 Å². The molecule has 4 nitrogen and oxygen atoms in total. The van der Waals surface area contributed by atoms with Crippen LogP contribution in [0.25, 0.3) is 0 Å². The van der Waals surface area contributed by atoms with Crippen LogP contribution in [-0.2, 0) is 0 Å². The molecule has 1 saturated heterocycles. The van der Waals surface area contributed by atoms with Gasteiger partial charge in [0.05, 0.1) is 5.56 Å². The zero-order valence-corrected chi connectivity index (χ0v) is 14.2. The van der Waals surface area contributed by atoms with Crippen LogP contribution in [-0.4, -0.2) is 43.0 Å². The number of para-hydroxylation sites is 1. The number of anilines is 1. The van der Waals surface area contributed by atoms with Gasteiger partial charge in [-0.05, 0) is 37.8 Å². The van der Waals surface area contributed by atoms with Crippen molar-refractivity contribution >= 4 is 11.6 Å². The molecule has 0 bridgehead atoms. The van der Waals surface area contributed by atoms with Crippen molar-refractivity contribution in [3.05, 3.63) is 29.8 Å². The Morgan fingerprint density at radius 1 is 1.09 bits per heavy atom. The van der Waals surface area contributed by atoms with E-state index in [-0.39, 0.29) is 5.91 Å². The standard InChI is InChI=1S/C19H29N3O/c1-21(16-7-3-2-4-8-16)19(23)17-9-5-6-10-18(17)22-13-11-15(20)12-14-22/h5-6,9-10,15-16H,2-4,7-8,11-14,20H2,1H3. The summed E-state index contributed by atoms with van der Waals surface area (Å²) in [6.07, 6.45) is 8.08. The Hall–Kier alpha value is -1.55. The number of carbonyl (C=O) groups is 1. The first-order chi connectivity index (χ1) is 11.2. The van der Waals surface area contributed by atoms with E-state index in [1.165, 1.54) is 19.3 Å². The zero-order chi connectivity index (χ0) is 16.2. The van der Waals surface area contributed by atoms with Crippen molar-refractivity contribution in [2.24, 2.45) is 5.73 Å². The van der Waals surface area contributed by atoms with Crippen molar-refractivity contribution in [3.8, 4) is 0 Å². The fraction of sp³-hybridized carbons (Fsp3) is 0.632.